The molecule has 1 unspecified atom stereocenters. The van der Waals surface area contributed by atoms with E-state index in [0.717, 1.165) is 12.8 Å². The fourth-order valence-corrected chi connectivity index (χ4v) is 5.45. The lowest BCUT2D eigenvalue weighted by molar-refractivity contribution is -0.125. The third kappa shape index (κ3) is 5.00. The summed E-state index contributed by atoms with van der Waals surface area (Å²) in [5.41, 5.74) is 0. The molecule has 1 aromatic rings. The maximum atomic E-state index is 12.7. The monoisotopic (exact) mass is 375 g/mol. The molecule has 0 radical (unpaired) electrons. The quantitative estimate of drug-likeness (QED) is 0.619. The van der Waals surface area contributed by atoms with Gasteiger partial charge in [0.25, 0.3) is 10.0 Å². The maximum absolute atomic E-state index is 12.7. The second-order valence-electron chi connectivity index (χ2n) is 5.59. The molecule has 2 rings (SSSR count). The van der Waals surface area contributed by atoms with Gasteiger partial charge in [-0.25, -0.2) is 8.42 Å². The standard InChI is InChI=1S/C15H25N3O4S2/c1-22-11-9-16-7-8-17-15(19)13-5-2-3-10-18(13)24(20,21)14-6-4-12-23-14/h4,6,12-13,16H,2-3,5,7-11H2,1H3,(H,17,19). The number of carbonyl (C=O) groups excluding carboxylic acids is 1. The Morgan fingerprint density at radius 1 is 1.38 bits per heavy atom. The van der Waals surface area contributed by atoms with Gasteiger partial charge in [-0.1, -0.05) is 12.5 Å². The summed E-state index contributed by atoms with van der Waals surface area (Å²) in [5, 5.41) is 7.70. The molecule has 1 amide bonds. The van der Waals surface area contributed by atoms with Crippen molar-refractivity contribution in [1.29, 1.82) is 0 Å². The Bertz CT molecular complexity index is 604. The fourth-order valence-electron chi connectivity index (χ4n) is 2.67. The van der Waals surface area contributed by atoms with Crippen molar-refractivity contribution in [2.24, 2.45) is 0 Å². The lowest BCUT2D eigenvalue weighted by Crippen LogP contribution is -2.52. The van der Waals surface area contributed by atoms with Gasteiger partial charge < -0.3 is 15.4 Å². The number of methoxy groups -OCH3 is 1. The molecular weight excluding hydrogens is 350 g/mol. The number of hydrogen-bond donors (Lipinski definition) is 2. The van der Waals surface area contributed by atoms with Gasteiger partial charge in [0.15, 0.2) is 0 Å². The average molecular weight is 376 g/mol. The molecular formula is C15H25N3O4S2. The number of thiophene rings is 1. The van der Waals surface area contributed by atoms with E-state index in [0.29, 0.717) is 43.4 Å². The van der Waals surface area contributed by atoms with Crippen LogP contribution in [0.25, 0.3) is 0 Å². The van der Waals surface area contributed by atoms with Gasteiger partial charge in [0, 0.05) is 33.3 Å². The number of amides is 1. The summed E-state index contributed by atoms with van der Waals surface area (Å²) in [6, 6.07) is 2.68. The third-order valence-electron chi connectivity index (χ3n) is 3.90. The molecule has 1 aromatic heterocycles. The molecule has 7 nitrogen and oxygen atoms in total. The maximum Gasteiger partial charge on any atom is 0.253 e. The zero-order valence-corrected chi connectivity index (χ0v) is 15.5. The van der Waals surface area contributed by atoms with Gasteiger partial charge in [-0.2, -0.15) is 4.31 Å². The molecule has 0 aliphatic carbocycles. The van der Waals surface area contributed by atoms with Gasteiger partial charge in [-0.3, -0.25) is 4.79 Å². The number of hydrogen-bond acceptors (Lipinski definition) is 6. The molecule has 1 aliphatic rings. The van der Waals surface area contributed by atoms with Gasteiger partial charge in [-0.05, 0) is 24.3 Å². The molecule has 2 heterocycles. The van der Waals surface area contributed by atoms with Gasteiger partial charge in [0.2, 0.25) is 5.91 Å². The Labute approximate surface area is 147 Å². The van der Waals surface area contributed by atoms with Crippen LogP contribution >= 0.6 is 11.3 Å². The second kappa shape index (κ2) is 9.47. The van der Waals surface area contributed by atoms with Gasteiger partial charge in [0.1, 0.15) is 10.3 Å². The van der Waals surface area contributed by atoms with Crippen LogP contribution in [0.4, 0.5) is 0 Å². The van der Waals surface area contributed by atoms with Crippen LogP contribution in [0.5, 0.6) is 0 Å². The summed E-state index contributed by atoms with van der Waals surface area (Å²) in [4.78, 5) is 12.4. The minimum atomic E-state index is -3.60. The summed E-state index contributed by atoms with van der Waals surface area (Å²) in [6.07, 6.45) is 2.21. The molecule has 1 fully saturated rings. The molecule has 1 atom stereocenters. The fraction of sp³-hybridized carbons (Fsp3) is 0.667. The zero-order valence-electron chi connectivity index (χ0n) is 13.9. The van der Waals surface area contributed by atoms with E-state index in [-0.39, 0.29) is 5.91 Å². The van der Waals surface area contributed by atoms with E-state index in [1.54, 1.807) is 24.6 Å². The van der Waals surface area contributed by atoms with Crippen LogP contribution in [-0.4, -0.2) is 64.6 Å². The smallest absolute Gasteiger partial charge is 0.253 e. The van der Waals surface area contributed by atoms with Crippen molar-refractivity contribution in [3.05, 3.63) is 17.5 Å². The molecule has 0 bridgehead atoms. The topological polar surface area (TPSA) is 87.7 Å². The SMILES string of the molecule is COCCNCCNC(=O)C1CCCCN1S(=O)(=O)c1cccs1. The zero-order chi connectivity index (χ0) is 17.4. The van der Waals surface area contributed by atoms with Crippen molar-refractivity contribution in [2.45, 2.75) is 29.5 Å². The predicted molar refractivity (Wildman–Crippen MR) is 93.6 cm³/mol. The number of nitrogens with zero attached hydrogens (tertiary/aromatic N) is 1. The van der Waals surface area contributed by atoms with E-state index >= 15 is 0 Å². The Hall–Kier alpha value is -1.00. The van der Waals surface area contributed by atoms with Crippen LogP contribution in [0.15, 0.2) is 21.7 Å². The van der Waals surface area contributed by atoms with Crippen LogP contribution < -0.4 is 10.6 Å². The molecule has 24 heavy (non-hydrogen) atoms. The molecule has 9 heteroatoms. The highest BCUT2D eigenvalue weighted by Crippen LogP contribution is 2.27. The summed E-state index contributed by atoms with van der Waals surface area (Å²) < 4.78 is 32.1. The van der Waals surface area contributed by atoms with Crippen molar-refractivity contribution >= 4 is 27.3 Å². The Balaban J connectivity index is 1.93. The molecule has 0 aromatic carbocycles. The van der Waals surface area contributed by atoms with Crippen LogP contribution in [0, 0.1) is 0 Å². The highest BCUT2D eigenvalue weighted by Gasteiger charge is 2.37. The normalized spacial score (nSPS) is 19.3. The molecule has 1 aliphatic heterocycles. The first-order chi connectivity index (χ1) is 11.6. The van der Waals surface area contributed by atoms with Crippen LogP contribution in [0.2, 0.25) is 0 Å². The number of nitrogens with one attached hydrogen (secondary N) is 2. The summed E-state index contributed by atoms with van der Waals surface area (Å²) in [5.74, 6) is -0.219. The summed E-state index contributed by atoms with van der Waals surface area (Å²) in [6.45, 7) is 2.81. The Morgan fingerprint density at radius 2 is 2.21 bits per heavy atom. The number of carbonyl (C=O) groups is 1. The van der Waals surface area contributed by atoms with Crippen molar-refractivity contribution < 1.29 is 17.9 Å². The van der Waals surface area contributed by atoms with E-state index in [1.807, 2.05) is 0 Å². The largest absolute Gasteiger partial charge is 0.383 e. The number of sulfonamides is 1. The first-order valence-electron chi connectivity index (χ1n) is 8.10. The molecule has 1 saturated heterocycles. The average Bonchev–Trinajstić information content (AvgIpc) is 3.13. The minimum Gasteiger partial charge on any atom is -0.383 e. The third-order valence-corrected chi connectivity index (χ3v) is 7.18. The first-order valence-corrected chi connectivity index (χ1v) is 10.4. The lowest BCUT2D eigenvalue weighted by Gasteiger charge is -2.33. The highest BCUT2D eigenvalue weighted by molar-refractivity contribution is 7.91. The van der Waals surface area contributed by atoms with E-state index in [2.05, 4.69) is 10.6 Å². The van der Waals surface area contributed by atoms with E-state index in [4.69, 9.17) is 4.74 Å². The Kier molecular flexibility index (Phi) is 7.63. The van der Waals surface area contributed by atoms with Crippen molar-refractivity contribution in [3.8, 4) is 0 Å². The molecule has 0 saturated carbocycles. The van der Waals surface area contributed by atoms with Crippen molar-refractivity contribution in [2.75, 3.05) is 39.9 Å². The number of piperidine rings is 1. The van der Waals surface area contributed by atoms with Crippen LogP contribution in [0.1, 0.15) is 19.3 Å². The van der Waals surface area contributed by atoms with E-state index in [1.165, 1.54) is 15.6 Å². The van der Waals surface area contributed by atoms with E-state index < -0.39 is 16.1 Å². The van der Waals surface area contributed by atoms with Gasteiger partial charge in [0.05, 0.1) is 6.61 Å². The number of ether oxygens (including phenoxy) is 1. The minimum absolute atomic E-state index is 0.219. The van der Waals surface area contributed by atoms with Crippen LogP contribution in [-0.2, 0) is 19.6 Å². The van der Waals surface area contributed by atoms with E-state index in [9.17, 15) is 13.2 Å². The highest BCUT2D eigenvalue weighted by atomic mass is 32.2. The van der Waals surface area contributed by atoms with Crippen LogP contribution in [0.3, 0.4) is 0 Å². The Morgan fingerprint density at radius 3 is 2.92 bits per heavy atom. The van der Waals surface area contributed by atoms with Crippen molar-refractivity contribution in [1.82, 2.24) is 14.9 Å². The van der Waals surface area contributed by atoms with Crippen molar-refractivity contribution in [3.63, 3.8) is 0 Å². The first kappa shape index (κ1) is 19.3. The molecule has 0 spiro atoms. The van der Waals surface area contributed by atoms with Gasteiger partial charge in [-0.15, -0.1) is 11.3 Å². The van der Waals surface area contributed by atoms with Gasteiger partial charge >= 0.3 is 0 Å². The molecule has 2 N–H and O–H groups in total. The molecule has 136 valence electrons. The number of rotatable bonds is 9. The summed E-state index contributed by atoms with van der Waals surface area (Å²) in [7, 11) is -1.96. The predicted octanol–water partition coefficient (Wildman–Crippen LogP) is 0.643. The summed E-state index contributed by atoms with van der Waals surface area (Å²) >= 11 is 1.18. The lowest BCUT2D eigenvalue weighted by atomic mass is 10.0. The second-order valence-corrected chi connectivity index (χ2v) is 8.66.